The Labute approximate surface area is 81.9 Å². The first-order chi connectivity index (χ1) is 6.65. The third-order valence-electron chi connectivity index (χ3n) is 1.42. The molecule has 0 radical (unpaired) electrons. The highest BCUT2D eigenvalue weighted by Gasteiger charge is 2.09. The Morgan fingerprint density at radius 2 is 1.50 bits per heavy atom. The van der Waals surface area contributed by atoms with Gasteiger partial charge in [0.05, 0.1) is 0 Å². The van der Waals surface area contributed by atoms with Crippen molar-refractivity contribution < 1.29 is 13.2 Å². The molecule has 1 rings (SSSR count). The highest BCUT2D eigenvalue weighted by molar-refractivity contribution is 5.19. The van der Waals surface area contributed by atoms with Gasteiger partial charge in [-0.3, -0.25) is 0 Å². The van der Waals surface area contributed by atoms with Gasteiger partial charge in [-0.2, -0.15) is 0 Å². The molecule has 0 aromatic heterocycles. The largest absolute Gasteiger partial charge is 0.316 e. The summed E-state index contributed by atoms with van der Waals surface area (Å²) in [5.74, 6) is -3.73. The first-order valence-electron chi connectivity index (χ1n) is 4.43. The fourth-order valence-corrected chi connectivity index (χ4v) is 0.914. The lowest BCUT2D eigenvalue weighted by atomic mass is 10.2. The van der Waals surface area contributed by atoms with Crippen molar-refractivity contribution in [2.24, 2.45) is 0 Å². The zero-order valence-electron chi connectivity index (χ0n) is 8.50. The van der Waals surface area contributed by atoms with Crippen LogP contribution < -0.4 is 5.32 Å². The lowest BCUT2D eigenvalue weighted by Gasteiger charge is -2.01. The van der Waals surface area contributed by atoms with Crippen molar-refractivity contribution in [2.45, 2.75) is 20.4 Å². The maximum absolute atomic E-state index is 12.5. The van der Waals surface area contributed by atoms with E-state index in [0.29, 0.717) is 12.1 Å². The maximum Gasteiger partial charge on any atom is 0.194 e. The number of benzene rings is 1. The van der Waals surface area contributed by atoms with Crippen LogP contribution in [0.2, 0.25) is 0 Å². The number of nitrogens with one attached hydrogen (secondary N) is 1. The van der Waals surface area contributed by atoms with Crippen molar-refractivity contribution >= 4 is 0 Å². The summed E-state index contributed by atoms with van der Waals surface area (Å²) in [5.41, 5.74) is 0.383. The SMILES string of the molecule is CC.CNCc1cc(F)c(F)c(F)c1. The first-order valence-corrected chi connectivity index (χ1v) is 4.43. The Balaban J connectivity index is 0.000000791. The summed E-state index contributed by atoms with van der Waals surface area (Å²) in [4.78, 5) is 0. The Bertz CT molecular complexity index is 264. The molecule has 0 heterocycles. The van der Waals surface area contributed by atoms with Gasteiger partial charge in [-0.05, 0) is 24.7 Å². The summed E-state index contributed by atoms with van der Waals surface area (Å²) in [6, 6.07) is 1.93. The molecule has 0 atom stereocenters. The van der Waals surface area contributed by atoms with Crippen LogP contribution in [0.4, 0.5) is 13.2 Å². The van der Waals surface area contributed by atoms with Gasteiger partial charge in [0.25, 0.3) is 0 Å². The molecule has 1 aromatic rings. The van der Waals surface area contributed by atoms with Gasteiger partial charge in [-0.15, -0.1) is 0 Å². The van der Waals surface area contributed by atoms with E-state index in [1.54, 1.807) is 7.05 Å². The molecule has 0 spiro atoms. The molecule has 0 saturated heterocycles. The van der Waals surface area contributed by atoms with E-state index in [1.165, 1.54) is 0 Å². The summed E-state index contributed by atoms with van der Waals surface area (Å²) in [7, 11) is 1.64. The molecule has 0 aliphatic heterocycles. The lowest BCUT2D eigenvalue weighted by Crippen LogP contribution is -2.06. The van der Waals surface area contributed by atoms with Gasteiger partial charge in [0.2, 0.25) is 0 Å². The van der Waals surface area contributed by atoms with Crippen molar-refractivity contribution in [2.75, 3.05) is 7.05 Å². The highest BCUT2D eigenvalue weighted by atomic mass is 19.2. The summed E-state index contributed by atoms with van der Waals surface area (Å²) in [5, 5.41) is 2.70. The Morgan fingerprint density at radius 3 is 1.86 bits per heavy atom. The molecular weight excluding hydrogens is 191 g/mol. The van der Waals surface area contributed by atoms with Crippen LogP contribution >= 0.6 is 0 Å². The molecule has 1 nitrogen and oxygen atoms in total. The maximum atomic E-state index is 12.5. The fraction of sp³-hybridized carbons (Fsp3) is 0.400. The Hall–Kier alpha value is -1.03. The smallest absolute Gasteiger partial charge is 0.194 e. The third kappa shape index (κ3) is 3.38. The van der Waals surface area contributed by atoms with Gasteiger partial charge >= 0.3 is 0 Å². The van der Waals surface area contributed by atoms with Gasteiger partial charge in [0.1, 0.15) is 0 Å². The lowest BCUT2D eigenvalue weighted by molar-refractivity contribution is 0.444. The molecule has 14 heavy (non-hydrogen) atoms. The standard InChI is InChI=1S/C8H8F3N.C2H6/c1-12-4-5-2-6(9)8(11)7(10)3-5;1-2/h2-3,12H,4H2,1H3;1-2H3. The van der Waals surface area contributed by atoms with Crippen LogP contribution in [0, 0.1) is 17.5 Å². The minimum Gasteiger partial charge on any atom is -0.316 e. The molecule has 0 unspecified atom stereocenters. The number of hydrogen-bond donors (Lipinski definition) is 1. The predicted octanol–water partition coefficient (Wildman–Crippen LogP) is 2.85. The molecule has 4 heteroatoms. The molecule has 0 bridgehead atoms. The van der Waals surface area contributed by atoms with E-state index in [0.717, 1.165) is 12.1 Å². The van der Waals surface area contributed by atoms with E-state index in [9.17, 15) is 13.2 Å². The van der Waals surface area contributed by atoms with Gasteiger partial charge in [-0.1, -0.05) is 13.8 Å². The van der Waals surface area contributed by atoms with Gasteiger partial charge in [0.15, 0.2) is 17.5 Å². The van der Waals surface area contributed by atoms with Crippen LogP contribution in [-0.2, 0) is 6.54 Å². The van der Waals surface area contributed by atoms with Crippen LogP contribution in [0.5, 0.6) is 0 Å². The monoisotopic (exact) mass is 205 g/mol. The third-order valence-corrected chi connectivity index (χ3v) is 1.42. The average Bonchev–Trinajstić information content (AvgIpc) is 2.18. The molecule has 0 saturated carbocycles. The number of halogens is 3. The van der Waals surface area contributed by atoms with Gasteiger partial charge < -0.3 is 5.32 Å². The van der Waals surface area contributed by atoms with E-state index >= 15 is 0 Å². The predicted molar refractivity (Wildman–Crippen MR) is 50.4 cm³/mol. The van der Waals surface area contributed by atoms with Crippen molar-refractivity contribution in [3.8, 4) is 0 Å². The minimum absolute atomic E-state index is 0.314. The zero-order valence-corrected chi connectivity index (χ0v) is 8.50. The van der Waals surface area contributed by atoms with Gasteiger partial charge in [0, 0.05) is 6.54 Å². The molecule has 0 amide bonds. The average molecular weight is 205 g/mol. The summed E-state index contributed by atoms with van der Waals surface area (Å²) < 4.78 is 37.4. The van der Waals surface area contributed by atoms with Crippen LogP contribution in [0.25, 0.3) is 0 Å². The van der Waals surface area contributed by atoms with E-state index in [2.05, 4.69) is 5.32 Å². The number of hydrogen-bond acceptors (Lipinski definition) is 1. The summed E-state index contributed by atoms with van der Waals surface area (Å²) in [6.07, 6.45) is 0. The molecule has 1 aromatic carbocycles. The van der Waals surface area contributed by atoms with Crippen molar-refractivity contribution in [1.29, 1.82) is 0 Å². The molecule has 0 fully saturated rings. The second-order valence-corrected chi connectivity index (χ2v) is 2.40. The minimum atomic E-state index is -1.42. The summed E-state index contributed by atoms with van der Waals surface area (Å²) in [6.45, 7) is 4.31. The fourth-order valence-electron chi connectivity index (χ4n) is 0.914. The van der Waals surface area contributed by atoms with Crippen molar-refractivity contribution in [3.63, 3.8) is 0 Å². The Morgan fingerprint density at radius 1 is 1.07 bits per heavy atom. The quantitative estimate of drug-likeness (QED) is 0.732. The van der Waals surface area contributed by atoms with E-state index in [4.69, 9.17) is 0 Å². The van der Waals surface area contributed by atoms with Crippen LogP contribution in [-0.4, -0.2) is 7.05 Å². The normalized spacial score (nSPS) is 9.29. The van der Waals surface area contributed by atoms with Crippen LogP contribution in [0.15, 0.2) is 12.1 Å². The molecule has 1 N–H and O–H groups in total. The molecule has 0 aliphatic rings. The molecule has 80 valence electrons. The highest BCUT2D eigenvalue weighted by Crippen LogP contribution is 2.12. The van der Waals surface area contributed by atoms with E-state index in [1.807, 2.05) is 13.8 Å². The molecular formula is C10H14F3N. The van der Waals surface area contributed by atoms with E-state index < -0.39 is 17.5 Å². The summed E-state index contributed by atoms with van der Waals surface area (Å²) >= 11 is 0. The van der Waals surface area contributed by atoms with Crippen LogP contribution in [0.1, 0.15) is 19.4 Å². The van der Waals surface area contributed by atoms with E-state index in [-0.39, 0.29) is 0 Å². The van der Waals surface area contributed by atoms with Crippen LogP contribution in [0.3, 0.4) is 0 Å². The second kappa shape index (κ2) is 6.43. The zero-order chi connectivity index (χ0) is 11.1. The topological polar surface area (TPSA) is 12.0 Å². The first kappa shape index (κ1) is 13.0. The van der Waals surface area contributed by atoms with Crippen molar-refractivity contribution in [1.82, 2.24) is 5.32 Å². The molecule has 0 aliphatic carbocycles. The second-order valence-electron chi connectivity index (χ2n) is 2.40. The van der Waals surface area contributed by atoms with Crippen molar-refractivity contribution in [3.05, 3.63) is 35.1 Å². The van der Waals surface area contributed by atoms with Gasteiger partial charge in [-0.25, -0.2) is 13.2 Å². The Kier molecular flexibility index (Phi) is 5.95. The number of rotatable bonds is 2.